The number of carbonyl (C=O) groups is 2. The summed E-state index contributed by atoms with van der Waals surface area (Å²) in [5, 5.41) is 11.2. The van der Waals surface area contributed by atoms with Crippen molar-refractivity contribution in [2.75, 3.05) is 46.0 Å². The highest BCUT2D eigenvalue weighted by Gasteiger charge is 2.46. The van der Waals surface area contributed by atoms with Crippen molar-refractivity contribution in [2.45, 2.75) is 32.7 Å². The lowest BCUT2D eigenvalue weighted by atomic mass is 9.95. The van der Waals surface area contributed by atoms with E-state index in [4.69, 9.17) is 9.47 Å². The van der Waals surface area contributed by atoms with Gasteiger partial charge in [-0.1, -0.05) is 26.0 Å². The van der Waals surface area contributed by atoms with E-state index >= 15 is 0 Å². The van der Waals surface area contributed by atoms with E-state index in [2.05, 4.69) is 23.7 Å². The fourth-order valence-electron chi connectivity index (χ4n) is 4.60. The molecule has 0 radical (unpaired) electrons. The number of hydrogen-bond donors (Lipinski definition) is 1. The molecule has 8 heteroatoms. The average molecular weight is 494 g/mol. The van der Waals surface area contributed by atoms with Gasteiger partial charge in [-0.3, -0.25) is 19.5 Å². The largest absolute Gasteiger partial charge is 0.507 e. The van der Waals surface area contributed by atoms with Crippen LogP contribution in [-0.4, -0.2) is 77.6 Å². The zero-order valence-corrected chi connectivity index (χ0v) is 21.1. The number of aliphatic hydroxyl groups is 1. The number of rotatable bonds is 10. The Morgan fingerprint density at radius 1 is 1.14 bits per heavy atom. The zero-order chi connectivity index (χ0) is 25.5. The first-order valence-corrected chi connectivity index (χ1v) is 12.7. The summed E-state index contributed by atoms with van der Waals surface area (Å²) in [5.41, 5.74) is 1.28. The summed E-state index contributed by atoms with van der Waals surface area (Å²) < 4.78 is 11.4. The quantitative estimate of drug-likeness (QED) is 0.307. The van der Waals surface area contributed by atoms with Crippen LogP contribution in [0, 0.1) is 5.92 Å². The molecule has 2 fully saturated rings. The van der Waals surface area contributed by atoms with Crippen LogP contribution in [0.25, 0.3) is 5.76 Å². The Bertz CT molecular complexity index is 1080. The highest BCUT2D eigenvalue weighted by atomic mass is 16.5. The zero-order valence-electron chi connectivity index (χ0n) is 21.1. The van der Waals surface area contributed by atoms with Gasteiger partial charge in [0.25, 0.3) is 11.7 Å². The van der Waals surface area contributed by atoms with Gasteiger partial charge in [0.15, 0.2) is 0 Å². The number of morpholine rings is 1. The number of pyridine rings is 1. The molecule has 2 aliphatic heterocycles. The number of hydrogen-bond acceptors (Lipinski definition) is 7. The maximum absolute atomic E-state index is 13.2. The van der Waals surface area contributed by atoms with Gasteiger partial charge in [0.2, 0.25) is 0 Å². The molecule has 3 heterocycles. The number of nitrogens with zero attached hydrogens (tertiary/aromatic N) is 3. The Balaban J connectivity index is 1.63. The van der Waals surface area contributed by atoms with Crippen LogP contribution in [0.3, 0.4) is 0 Å². The molecule has 0 spiro atoms. The third-order valence-electron chi connectivity index (χ3n) is 6.61. The molecule has 4 rings (SSSR count). The molecule has 192 valence electrons. The minimum absolute atomic E-state index is 0.0944. The van der Waals surface area contributed by atoms with Gasteiger partial charge in [-0.05, 0) is 48.6 Å². The van der Waals surface area contributed by atoms with Crippen LogP contribution in [0.1, 0.15) is 43.9 Å². The number of aromatic nitrogens is 1. The topological polar surface area (TPSA) is 92.2 Å². The van der Waals surface area contributed by atoms with Crippen molar-refractivity contribution >= 4 is 17.4 Å². The molecule has 36 heavy (non-hydrogen) atoms. The fourth-order valence-corrected chi connectivity index (χ4v) is 4.60. The summed E-state index contributed by atoms with van der Waals surface area (Å²) in [5.74, 6) is -0.263. The smallest absolute Gasteiger partial charge is 0.295 e. The van der Waals surface area contributed by atoms with Crippen LogP contribution < -0.4 is 4.74 Å². The van der Waals surface area contributed by atoms with Crippen molar-refractivity contribution in [2.24, 2.45) is 5.92 Å². The molecule has 2 aliphatic rings. The van der Waals surface area contributed by atoms with Crippen LogP contribution in [0.2, 0.25) is 0 Å². The Kier molecular flexibility index (Phi) is 8.72. The van der Waals surface area contributed by atoms with E-state index < -0.39 is 17.7 Å². The summed E-state index contributed by atoms with van der Waals surface area (Å²) in [4.78, 5) is 34.3. The Morgan fingerprint density at radius 2 is 1.89 bits per heavy atom. The van der Waals surface area contributed by atoms with Gasteiger partial charge in [-0.2, -0.15) is 0 Å². The van der Waals surface area contributed by atoms with Gasteiger partial charge in [0.05, 0.1) is 31.4 Å². The first-order chi connectivity index (χ1) is 17.5. The van der Waals surface area contributed by atoms with Crippen molar-refractivity contribution in [1.82, 2.24) is 14.8 Å². The molecule has 1 amide bonds. The molecule has 2 saturated heterocycles. The number of ether oxygens (including phenoxy) is 2. The molecular formula is C28H35N3O5. The average Bonchev–Trinajstić information content (AvgIpc) is 3.14. The molecule has 1 atom stereocenters. The van der Waals surface area contributed by atoms with Crippen molar-refractivity contribution in [3.8, 4) is 5.75 Å². The second-order valence-corrected chi connectivity index (χ2v) is 9.64. The van der Waals surface area contributed by atoms with E-state index in [0.717, 1.165) is 31.6 Å². The molecule has 1 N–H and O–H groups in total. The lowest BCUT2D eigenvalue weighted by Crippen LogP contribution is -2.38. The molecule has 0 aliphatic carbocycles. The van der Waals surface area contributed by atoms with Crippen molar-refractivity contribution in [3.05, 3.63) is 65.5 Å². The monoisotopic (exact) mass is 493 g/mol. The van der Waals surface area contributed by atoms with E-state index in [1.807, 2.05) is 24.3 Å². The van der Waals surface area contributed by atoms with Crippen molar-refractivity contribution in [1.29, 1.82) is 0 Å². The molecule has 1 aromatic heterocycles. The minimum Gasteiger partial charge on any atom is -0.507 e. The van der Waals surface area contributed by atoms with E-state index in [0.29, 0.717) is 50.0 Å². The van der Waals surface area contributed by atoms with Crippen molar-refractivity contribution < 1.29 is 24.2 Å². The molecule has 1 unspecified atom stereocenters. The Labute approximate surface area is 212 Å². The number of carbonyl (C=O) groups excluding carboxylic acids is 2. The summed E-state index contributed by atoms with van der Waals surface area (Å²) in [6.07, 6.45) is 4.73. The van der Waals surface area contributed by atoms with Gasteiger partial charge in [0.1, 0.15) is 11.5 Å². The number of likely N-dealkylation sites (tertiary alicyclic amines) is 1. The van der Waals surface area contributed by atoms with Crippen molar-refractivity contribution in [3.63, 3.8) is 0 Å². The predicted molar refractivity (Wildman–Crippen MR) is 137 cm³/mol. The third kappa shape index (κ3) is 6.12. The summed E-state index contributed by atoms with van der Waals surface area (Å²) in [7, 11) is 0. The standard InChI is InChI=1S/C28H35N3O5/c1-20(2)9-16-36-23-6-3-5-22(19-23)25-24(26(32)21-7-10-29-11-8-21)27(33)28(34)31(25)13-4-12-30-14-17-35-18-15-30/h3,5-8,10-11,19-20,25,32H,4,9,12-18H2,1-2H3/b26-24+. The lowest BCUT2D eigenvalue weighted by Gasteiger charge is -2.29. The molecule has 1 aromatic carbocycles. The van der Waals surface area contributed by atoms with Crippen LogP contribution in [0.5, 0.6) is 5.75 Å². The van der Waals surface area contributed by atoms with E-state index in [9.17, 15) is 14.7 Å². The number of ketones is 1. The summed E-state index contributed by atoms with van der Waals surface area (Å²) >= 11 is 0. The second-order valence-electron chi connectivity index (χ2n) is 9.64. The minimum atomic E-state index is -0.698. The lowest BCUT2D eigenvalue weighted by molar-refractivity contribution is -0.140. The van der Waals surface area contributed by atoms with Gasteiger partial charge in [-0.25, -0.2) is 0 Å². The molecule has 0 saturated carbocycles. The maximum atomic E-state index is 13.2. The summed E-state index contributed by atoms with van der Waals surface area (Å²) in [6.45, 7) is 9.21. The van der Waals surface area contributed by atoms with Gasteiger partial charge in [0, 0.05) is 44.1 Å². The van der Waals surface area contributed by atoms with Crippen LogP contribution in [0.15, 0.2) is 54.4 Å². The maximum Gasteiger partial charge on any atom is 0.295 e. The summed E-state index contributed by atoms with van der Waals surface area (Å²) in [6, 6.07) is 10.0. The van der Waals surface area contributed by atoms with Gasteiger partial charge >= 0.3 is 0 Å². The van der Waals surface area contributed by atoms with E-state index in [1.54, 1.807) is 29.4 Å². The molecular weight excluding hydrogens is 458 g/mol. The van der Waals surface area contributed by atoms with Crippen LogP contribution in [0.4, 0.5) is 0 Å². The fraction of sp³-hybridized carbons (Fsp3) is 0.464. The normalized spacial score (nSPS) is 20.3. The van der Waals surface area contributed by atoms with Crippen LogP contribution >= 0.6 is 0 Å². The van der Waals surface area contributed by atoms with E-state index in [-0.39, 0.29) is 11.3 Å². The van der Waals surface area contributed by atoms with Gasteiger partial charge in [-0.15, -0.1) is 0 Å². The van der Waals surface area contributed by atoms with Gasteiger partial charge < -0.3 is 19.5 Å². The first kappa shape index (κ1) is 25.9. The Morgan fingerprint density at radius 3 is 2.61 bits per heavy atom. The Hall–Kier alpha value is -3.23. The predicted octanol–water partition coefficient (Wildman–Crippen LogP) is 3.65. The SMILES string of the molecule is CC(C)CCOc1cccc(C2/C(=C(\O)c3ccncc3)C(=O)C(=O)N2CCCN2CCOCC2)c1. The first-order valence-electron chi connectivity index (χ1n) is 12.7. The molecule has 2 aromatic rings. The van der Waals surface area contributed by atoms with E-state index in [1.165, 1.54) is 0 Å². The third-order valence-corrected chi connectivity index (χ3v) is 6.61. The number of Topliss-reactive ketones (excluding diaryl/α,β-unsaturated/α-hetero) is 1. The highest BCUT2D eigenvalue weighted by Crippen LogP contribution is 2.40. The number of aliphatic hydroxyl groups excluding tert-OH is 1. The highest BCUT2D eigenvalue weighted by molar-refractivity contribution is 6.46. The number of amides is 1. The molecule has 8 nitrogen and oxygen atoms in total. The second kappa shape index (κ2) is 12.1. The molecule has 0 bridgehead atoms. The number of benzene rings is 1. The van der Waals surface area contributed by atoms with Crippen LogP contribution in [-0.2, 0) is 14.3 Å².